The lowest BCUT2D eigenvalue weighted by atomic mass is 9.57. The van der Waals surface area contributed by atoms with Gasteiger partial charge in [0.15, 0.2) is 0 Å². The van der Waals surface area contributed by atoms with Gasteiger partial charge in [-0.25, -0.2) is 0 Å². The zero-order chi connectivity index (χ0) is 11.7. The number of carboxylic acid groups (broad SMARTS) is 1. The van der Waals surface area contributed by atoms with Gasteiger partial charge in [0.2, 0.25) is 0 Å². The smallest absolute Gasteiger partial charge is 0.310 e. The Bertz CT molecular complexity index is 240. The summed E-state index contributed by atoms with van der Waals surface area (Å²) in [6.07, 6.45) is 4.04. The minimum absolute atomic E-state index is 0.140. The van der Waals surface area contributed by atoms with Gasteiger partial charge < -0.3 is 10.8 Å². The summed E-state index contributed by atoms with van der Waals surface area (Å²) in [5.41, 5.74) is 5.15. The molecule has 1 aliphatic carbocycles. The van der Waals surface area contributed by atoms with Gasteiger partial charge in [0.05, 0.1) is 5.41 Å². The Morgan fingerprint density at radius 3 is 2.27 bits per heavy atom. The molecule has 3 N–H and O–H groups in total. The van der Waals surface area contributed by atoms with E-state index < -0.39 is 11.4 Å². The second-order valence-electron chi connectivity index (χ2n) is 5.46. The highest BCUT2D eigenvalue weighted by Crippen LogP contribution is 2.51. The SMILES string of the molecule is CCC(C)(C)C1(C(=O)O)CCC(N)CC1. The summed E-state index contributed by atoms with van der Waals surface area (Å²) in [5.74, 6) is -0.638. The first-order valence-electron chi connectivity index (χ1n) is 5.85. The molecular weight excluding hydrogens is 190 g/mol. The van der Waals surface area contributed by atoms with Crippen molar-refractivity contribution in [2.24, 2.45) is 16.6 Å². The van der Waals surface area contributed by atoms with Crippen molar-refractivity contribution < 1.29 is 9.90 Å². The van der Waals surface area contributed by atoms with Crippen molar-refractivity contribution >= 4 is 5.97 Å². The monoisotopic (exact) mass is 213 g/mol. The van der Waals surface area contributed by atoms with Crippen LogP contribution in [0.5, 0.6) is 0 Å². The molecule has 1 aliphatic rings. The Morgan fingerprint density at radius 2 is 1.93 bits per heavy atom. The van der Waals surface area contributed by atoms with E-state index in [4.69, 9.17) is 5.73 Å². The fourth-order valence-electron chi connectivity index (χ4n) is 2.65. The zero-order valence-corrected chi connectivity index (χ0v) is 10.0. The van der Waals surface area contributed by atoms with Crippen LogP contribution in [0, 0.1) is 10.8 Å². The Hall–Kier alpha value is -0.570. The van der Waals surface area contributed by atoms with Gasteiger partial charge in [-0.3, -0.25) is 4.79 Å². The number of carboxylic acids is 1. The molecule has 0 aromatic heterocycles. The van der Waals surface area contributed by atoms with Crippen LogP contribution in [0.4, 0.5) is 0 Å². The molecular formula is C12H23NO2. The summed E-state index contributed by atoms with van der Waals surface area (Å²) in [4.78, 5) is 11.5. The van der Waals surface area contributed by atoms with Crippen molar-refractivity contribution in [1.82, 2.24) is 0 Å². The predicted octanol–water partition coefficient (Wildman–Crippen LogP) is 2.39. The van der Waals surface area contributed by atoms with Gasteiger partial charge in [-0.15, -0.1) is 0 Å². The molecule has 88 valence electrons. The number of aliphatic carboxylic acids is 1. The summed E-state index contributed by atoms with van der Waals surface area (Å²) in [6.45, 7) is 6.20. The molecule has 0 aromatic carbocycles. The number of hydrogen-bond acceptors (Lipinski definition) is 2. The van der Waals surface area contributed by atoms with Crippen LogP contribution >= 0.6 is 0 Å². The van der Waals surface area contributed by atoms with E-state index in [1.165, 1.54) is 0 Å². The molecule has 1 rings (SSSR count). The average Bonchev–Trinajstić information content (AvgIpc) is 2.18. The average molecular weight is 213 g/mol. The fourth-order valence-corrected chi connectivity index (χ4v) is 2.65. The van der Waals surface area contributed by atoms with Crippen molar-refractivity contribution in [3.8, 4) is 0 Å². The summed E-state index contributed by atoms with van der Waals surface area (Å²) in [6, 6.07) is 0.199. The number of nitrogens with two attached hydrogens (primary N) is 1. The van der Waals surface area contributed by atoms with Gasteiger partial charge in [0.1, 0.15) is 0 Å². The molecule has 0 aliphatic heterocycles. The van der Waals surface area contributed by atoms with Crippen molar-refractivity contribution in [2.75, 3.05) is 0 Å². The second kappa shape index (κ2) is 4.12. The van der Waals surface area contributed by atoms with E-state index in [0.717, 1.165) is 32.1 Å². The second-order valence-corrected chi connectivity index (χ2v) is 5.46. The van der Waals surface area contributed by atoms with Crippen LogP contribution in [-0.4, -0.2) is 17.1 Å². The molecule has 0 radical (unpaired) electrons. The maximum Gasteiger partial charge on any atom is 0.310 e. The topological polar surface area (TPSA) is 63.3 Å². The highest BCUT2D eigenvalue weighted by Gasteiger charge is 2.51. The minimum atomic E-state index is -0.638. The van der Waals surface area contributed by atoms with Crippen LogP contribution in [0.1, 0.15) is 52.9 Å². The quantitative estimate of drug-likeness (QED) is 0.756. The Morgan fingerprint density at radius 1 is 1.47 bits per heavy atom. The molecule has 0 saturated heterocycles. The Labute approximate surface area is 92.0 Å². The zero-order valence-electron chi connectivity index (χ0n) is 10.0. The first-order chi connectivity index (χ1) is 6.85. The first-order valence-corrected chi connectivity index (χ1v) is 5.85. The summed E-state index contributed by atoms with van der Waals surface area (Å²) < 4.78 is 0. The lowest BCUT2D eigenvalue weighted by molar-refractivity contribution is -0.161. The van der Waals surface area contributed by atoms with Crippen LogP contribution < -0.4 is 5.73 Å². The molecule has 1 fully saturated rings. The number of rotatable bonds is 3. The standard InChI is InChI=1S/C12H23NO2/c1-4-11(2,3)12(10(14)15)7-5-9(13)6-8-12/h9H,4-8,13H2,1-3H3,(H,14,15). The molecule has 3 heteroatoms. The van der Waals surface area contributed by atoms with Gasteiger partial charge in [0.25, 0.3) is 0 Å². The maximum absolute atomic E-state index is 11.5. The molecule has 1 saturated carbocycles. The van der Waals surface area contributed by atoms with Gasteiger partial charge >= 0.3 is 5.97 Å². The van der Waals surface area contributed by atoms with Crippen LogP contribution in [0.15, 0.2) is 0 Å². The van der Waals surface area contributed by atoms with Crippen LogP contribution in [0.2, 0.25) is 0 Å². The van der Waals surface area contributed by atoms with E-state index in [1.54, 1.807) is 0 Å². The maximum atomic E-state index is 11.5. The fraction of sp³-hybridized carbons (Fsp3) is 0.917. The first kappa shape index (κ1) is 12.5. The normalized spacial score (nSPS) is 32.7. The molecule has 0 amide bonds. The van der Waals surface area contributed by atoms with Crippen LogP contribution in [-0.2, 0) is 4.79 Å². The summed E-state index contributed by atoms with van der Waals surface area (Å²) in [7, 11) is 0. The van der Waals surface area contributed by atoms with E-state index in [-0.39, 0.29) is 11.5 Å². The molecule has 3 nitrogen and oxygen atoms in total. The van der Waals surface area contributed by atoms with E-state index >= 15 is 0 Å². The minimum Gasteiger partial charge on any atom is -0.481 e. The largest absolute Gasteiger partial charge is 0.481 e. The van der Waals surface area contributed by atoms with Crippen molar-refractivity contribution in [3.63, 3.8) is 0 Å². The molecule has 0 aromatic rings. The summed E-state index contributed by atoms with van der Waals surface area (Å²) in [5, 5.41) is 9.50. The van der Waals surface area contributed by atoms with Crippen molar-refractivity contribution in [3.05, 3.63) is 0 Å². The number of carbonyl (C=O) groups is 1. The molecule has 0 bridgehead atoms. The van der Waals surface area contributed by atoms with Crippen LogP contribution in [0.3, 0.4) is 0 Å². The highest BCUT2D eigenvalue weighted by molar-refractivity contribution is 5.76. The van der Waals surface area contributed by atoms with E-state index in [9.17, 15) is 9.90 Å². The molecule has 0 unspecified atom stereocenters. The lowest BCUT2D eigenvalue weighted by Gasteiger charge is -2.46. The molecule has 0 heterocycles. The van der Waals surface area contributed by atoms with E-state index in [1.807, 2.05) is 0 Å². The summed E-state index contributed by atoms with van der Waals surface area (Å²) >= 11 is 0. The van der Waals surface area contributed by atoms with Gasteiger partial charge in [-0.2, -0.15) is 0 Å². The van der Waals surface area contributed by atoms with Crippen molar-refractivity contribution in [1.29, 1.82) is 0 Å². The van der Waals surface area contributed by atoms with Crippen molar-refractivity contribution in [2.45, 2.75) is 58.9 Å². The molecule has 15 heavy (non-hydrogen) atoms. The molecule has 0 atom stereocenters. The van der Waals surface area contributed by atoms with Crippen LogP contribution in [0.25, 0.3) is 0 Å². The third-order valence-electron chi connectivity index (χ3n) is 4.47. The third kappa shape index (κ3) is 2.03. The third-order valence-corrected chi connectivity index (χ3v) is 4.47. The van der Waals surface area contributed by atoms with Gasteiger partial charge in [-0.05, 0) is 37.5 Å². The lowest BCUT2D eigenvalue weighted by Crippen LogP contribution is -2.48. The van der Waals surface area contributed by atoms with Gasteiger partial charge in [0, 0.05) is 6.04 Å². The van der Waals surface area contributed by atoms with E-state index in [0.29, 0.717) is 0 Å². The Kier molecular flexibility index (Phi) is 3.44. The predicted molar refractivity (Wildman–Crippen MR) is 60.6 cm³/mol. The highest BCUT2D eigenvalue weighted by atomic mass is 16.4. The number of hydrogen-bond donors (Lipinski definition) is 2. The van der Waals surface area contributed by atoms with E-state index in [2.05, 4.69) is 20.8 Å². The molecule has 0 spiro atoms. The van der Waals surface area contributed by atoms with Gasteiger partial charge in [-0.1, -0.05) is 20.8 Å². The Balaban J connectivity index is 2.95.